The summed E-state index contributed by atoms with van der Waals surface area (Å²) < 4.78 is 5.47. The average Bonchev–Trinajstić information content (AvgIpc) is 2.25. The molecule has 0 spiro atoms. The molecule has 0 saturated carbocycles. The highest BCUT2D eigenvalue weighted by Gasteiger charge is 2.08. The van der Waals surface area contributed by atoms with Gasteiger partial charge in [0.2, 0.25) is 0 Å². The first-order chi connectivity index (χ1) is 7.58. The molecule has 0 aromatic heterocycles. The van der Waals surface area contributed by atoms with E-state index in [2.05, 4.69) is 32.9 Å². The van der Waals surface area contributed by atoms with E-state index in [4.69, 9.17) is 10.5 Å². The Morgan fingerprint density at radius 1 is 1.31 bits per heavy atom. The van der Waals surface area contributed by atoms with Crippen molar-refractivity contribution in [2.45, 2.75) is 33.6 Å². The van der Waals surface area contributed by atoms with Gasteiger partial charge in [0.25, 0.3) is 0 Å². The summed E-state index contributed by atoms with van der Waals surface area (Å²) in [6, 6.07) is 4.38. The predicted molar refractivity (Wildman–Crippen MR) is 69.0 cm³/mol. The van der Waals surface area contributed by atoms with Crippen LogP contribution < -0.4 is 10.5 Å². The van der Waals surface area contributed by atoms with Gasteiger partial charge in [-0.25, -0.2) is 0 Å². The van der Waals surface area contributed by atoms with Gasteiger partial charge in [-0.3, -0.25) is 0 Å². The Balaban J connectivity index is 2.85. The molecular formula is C14H23NO. The van der Waals surface area contributed by atoms with Gasteiger partial charge in [0.05, 0.1) is 7.11 Å². The Hall–Kier alpha value is -1.02. The molecule has 0 aliphatic rings. The molecule has 1 atom stereocenters. The summed E-state index contributed by atoms with van der Waals surface area (Å²) in [5.74, 6) is 1.61. The van der Waals surface area contributed by atoms with Crippen LogP contribution in [0.5, 0.6) is 5.75 Å². The molecule has 0 aliphatic heterocycles. The van der Waals surface area contributed by atoms with E-state index >= 15 is 0 Å². The molecule has 2 heteroatoms. The Kier molecular flexibility index (Phi) is 4.81. The van der Waals surface area contributed by atoms with Gasteiger partial charge in [-0.1, -0.05) is 24.6 Å². The Bertz CT molecular complexity index is 347. The zero-order chi connectivity index (χ0) is 12.1. The van der Waals surface area contributed by atoms with Crippen LogP contribution in [0.4, 0.5) is 0 Å². The second-order valence-corrected chi connectivity index (χ2v) is 4.65. The van der Waals surface area contributed by atoms with Crippen molar-refractivity contribution in [2.75, 3.05) is 13.7 Å². The van der Waals surface area contributed by atoms with E-state index in [-0.39, 0.29) is 0 Å². The lowest BCUT2D eigenvalue weighted by Crippen LogP contribution is -2.11. The minimum absolute atomic E-state index is 0.575. The van der Waals surface area contributed by atoms with Crippen molar-refractivity contribution < 1.29 is 4.74 Å². The number of methoxy groups -OCH3 is 1. The molecule has 2 N–H and O–H groups in total. The fraction of sp³-hybridized carbons (Fsp3) is 0.571. The quantitative estimate of drug-likeness (QED) is 0.829. The fourth-order valence-electron chi connectivity index (χ4n) is 2.04. The van der Waals surface area contributed by atoms with Crippen molar-refractivity contribution in [3.05, 3.63) is 28.8 Å². The zero-order valence-corrected chi connectivity index (χ0v) is 10.8. The van der Waals surface area contributed by atoms with Gasteiger partial charge >= 0.3 is 0 Å². The molecule has 0 bridgehead atoms. The van der Waals surface area contributed by atoms with Crippen LogP contribution >= 0.6 is 0 Å². The van der Waals surface area contributed by atoms with Gasteiger partial charge in [-0.15, -0.1) is 0 Å². The first kappa shape index (κ1) is 13.0. The summed E-state index contributed by atoms with van der Waals surface area (Å²) in [5.41, 5.74) is 9.46. The van der Waals surface area contributed by atoms with Crippen molar-refractivity contribution >= 4 is 0 Å². The zero-order valence-electron chi connectivity index (χ0n) is 10.8. The van der Waals surface area contributed by atoms with Gasteiger partial charge in [0.15, 0.2) is 0 Å². The fourth-order valence-corrected chi connectivity index (χ4v) is 2.04. The predicted octanol–water partition coefficient (Wildman–Crippen LogP) is 2.84. The number of benzene rings is 1. The molecule has 0 aliphatic carbocycles. The number of hydrogen-bond donors (Lipinski definition) is 1. The largest absolute Gasteiger partial charge is 0.496 e. The summed E-state index contributed by atoms with van der Waals surface area (Å²) in [5, 5.41) is 0. The topological polar surface area (TPSA) is 35.2 Å². The van der Waals surface area contributed by atoms with Crippen molar-refractivity contribution in [1.29, 1.82) is 0 Å². The Labute approximate surface area is 98.8 Å². The number of ether oxygens (including phenoxy) is 1. The maximum absolute atomic E-state index is 5.64. The third-order valence-electron chi connectivity index (χ3n) is 3.01. The summed E-state index contributed by atoms with van der Waals surface area (Å²) >= 11 is 0. The minimum Gasteiger partial charge on any atom is -0.496 e. The lowest BCUT2D eigenvalue weighted by atomic mass is 9.97. The lowest BCUT2D eigenvalue weighted by molar-refractivity contribution is 0.404. The molecule has 1 unspecified atom stereocenters. The monoisotopic (exact) mass is 221 g/mol. The number of hydrogen-bond acceptors (Lipinski definition) is 2. The van der Waals surface area contributed by atoms with Crippen LogP contribution in [0.1, 0.15) is 30.0 Å². The summed E-state index contributed by atoms with van der Waals surface area (Å²) in [6.07, 6.45) is 2.17. The van der Waals surface area contributed by atoms with Crippen LogP contribution in [0.15, 0.2) is 12.1 Å². The first-order valence-corrected chi connectivity index (χ1v) is 5.92. The molecule has 0 heterocycles. The van der Waals surface area contributed by atoms with Crippen LogP contribution in [0.2, 0.25) is 0 Å². The van der Waals surface area contributed by atoms with Crippen LogP contribution in [-0.2, 0) is 6.42 Å². The molecule has 16 heavy (non-hydrogen) atoms. The smallest absolute Gasteiger partial charge is 0.124 e. The van der Waals surface area contributed by atoms with Crippen LogP contribution in [0.3, 0.4) is 0 Å². The van der Waals surface area contributed by atoms with E-state index in [1.165, 1.54) is 16.7 Å². The average molecular weight is 221 g/mol. The third kappa shape index (κ3) is 3.24. The summed E-state index contributed by atoms with van der Waals surface area (Å²) in [6.45, 7) is 7.17. The van der Waals surface area contributed by atoms with Crippen molar-refractivity contribution in [2.24, 2.45) is 11.7 Å². The van der Waals surface area contributed by atoms with Crippen molar-refractivity contribution in [1.82, 2.24) is 0 Å². The van der Waals surface area contributed by atoms with Crippen LogP contribution in [0.25, 0.3) is 0 Å². The molecule has 0 fully saturated rings. The van der Waals surface area contributed by atoms with Gasteiger partial charge < -0.3 is 10.5 Å². The van der Waals surface area contributed by atoms with Gasteiger partial charge in [0, 0.05) is 0 Å². The van der Waals surface area contributed by atoms with Crippen LogP contribution in [-0.4, -0.2) is 13.7 Å². The standard InChI is InChI=1S/C14H23NO/c1-10(9-15)5-6-13-8-11(2)7-12(3)14(13)16-4/h7-8,10H,5-6,9,15H2,1-4H3. The number of nitrogens with two attached hydrogens (primary N) is 1. The van der Waals surface area contributed by atoms with E-state index in [1.54, 1.807) is 7.11 Å². The first-order valence-electron chi connectivity index (χ1n) is 5.92. The molecule has 1 rings (SSSR count). The Morgan fingerprint density at radius 2 is 2.00 bits per heavy atom. The second kappa shape index (κ2) is 5.90. The SMILES string of the molecule is COc1c(C)cc(C)cc1CCC(C)CN. The van der Waals surface area contributed by atoms with E-state index < -0.39 is 0 Å². The van der Waals surface area contributed by atoms with Crippen LogP contribution in [0, 0.1) is 19.8 Å². The van der Waals surface area contributed by atoms with E-state index in [9.17, 15) is 0 Å². The third-order valence-corrected chi connectivity index (χ3v) is 3.01. The summed E-state index contributed by atoms with van der Waals surface area (Å²) in [4.78, 5) is 0. The maximum atomic E-state index is 5.64. The Morgan fingerprint density at radius 3 is 2.56 bits per heavy atom. The highest BCUT2D eigenvalue weighted by Crippen LogP contribution is 2.26. The molecule has 90 valence electrons. The maximum Gasteiger partial charge on any atom is 0.124 e. The van der Waals surface area contributed by atoms with Gasteiger partial charge in [-0.05, 0) is 50.3 Å². The number of rotatable bonds is 5. The molecule has 0 saturated heterocycles. The van der Waals surface area contributed by atoms with E-state index in [0.717, 1.165) is 25.1 Å². The normalized spacial score (nSPS) is 12.6. The van der Waals surface area contributed by atoms with E-state index in [1.807, 2.05) is 0 Å². The molecule has 2 nitrogen and oxygen atoms in total. The van der Waals surface area contributed by atoms with Gasteiger partial charge in [-0.2, -0.15) is 0 Å². The molecule has 0 radical (unpaired) electrons. The minimum atomic E-state index is 0.575. The molecule has 1 aromatic rings. The lowest BCUT2D eigenvalue weighted by Gasteiger charge is -2.14. The highest BCUT2D eigenvalue weighted by atomic mass is 16.5. The van der Waals surface area contributed by atoms with Crippen molar-refractivity contribution in [3.8, 4) is 5.75 Å². The second-order valence-electron chi connectivity index (χ2n) is 4.65. The highest BCUT2D eigenvalue weighted by molar-refractivity contribution is 5.43. The molecule has 1 aromatic carbocycles. The van der Waals surface area contributed by atoms with Crippen molar-refractivity contribution in [3.63, 3.8) is 0 Å². The van der Waals surface area contributed by atoms with E-state index in [0.29, 0.717) is 5.92 Å². The molecule has 0 amide bonds. The summed E-state index contributed by atoms with van der Waals surface area (Å²) in [7, 11) is 1.74. The molecular weight excluding hydrogens is 198 g/mol. The number of aryl methyl sites for hydroxylation is 3. The van der Waals surface area contributed by atoms with Gasteiger partial charge in [0.1, 0.15) is 5.75 Å².